The lowest BCUT2D eigenvalue weighted by Gasteiger charge is -2.21. The Hall–Kier alpha value is -1.65. The number of carbonyl (C=O) groups is 1. The van der Waals surface area contributed by atoms with Gasteiger partial charge >= 0.3 is 5.97 Å². The van der Waals surface area contributed by atoms with Crippen LogP contribution in [0.1, 0.15) is 17.5 Å². The SMILES string of the molecule is CN1CCC(CN(C)Cc2ccc(C=CC(=O)O)cc2)C1. The van der Waals surface area contributed by atoms with Gasteiger partial charge in [-0.3, -0.25) is 0 Å². The Bertz CT molecular complexity index is 496. The molecular formula is C17H24N2O2. The second kappa shape index (κ2) is 7.38. The Balaban J connectivity index is 1.83. The molecule has 1 unspecified atom stereocenters. The highest BCUT2D eigenvalue weighted by Gasteiger charge is 2.20. The first kappa shape index (κ1) is 15.7. The van der Waals surface area contributed by atoms with Crippen molar-refractivity contribution >= 4 is 12.0 Å². The molecule has 1 N–H and O–H groups in total. The highest BCUT2D eigenvalue weighted by molar-refractivity contribution is 5.85. The van der Waals surface area contributed by atoms with Gasteiger partial charge in [-0.1, -0.05) is 24.3 Å². The lowest BCUT2D eigenvalue weighted by molar-refractivity contribution is -0.131. The molecule has 0 bridgehead atoms. The van der Waals surface area contributed by atoms with Crippen molar-refractivity contribution in [2.75, 3.05) is 33.7 Å². The van der Waals surface area contributed by atoms with Crippen molar-refractivity contribution in [3.8, 4) is 0 Å². The molecule has 1 heterocycles. The largest absolute Gasteiger partial charge is 0.478 e. The number of carboxylic acid groups (broad SMARTS) is 1. The van der Waals surface area contributed by atoms with Gasteiger partial charge in [0.25, 0.3) is 0 Å². The number of hydrogen-bond donors (Lipinski definition) is 1. The Morgan fingerprint density at radius 2 is 2.14 bits per heavy atom. The van der Waals surface area contributed by atoms with E-state index in [2.05, 4.69) is 36.0 Å². The second-order valence-corrected chi connectivity index (χ2v) is 6.03. The molecule has 1 aromatic carbocycles. The smallest absolute Gasteiger partial charge is 0.328 e. The van der Waals surface area contributed by atoms with E-state index in [4.69, 9.17) is 5.11 Å². The summed E-state index contributed by atoms with van der Waals surface area (Å²) < 4.78 is 0. The maximum absolute atomic E-state index is 10.5. The van der Waals surface area contributed by atoms with Crippen molar-refractivity contribution in [1.29, 1.82) is 0 Å². The summed E-state index contributed by atoms with van der Waals surface area (Å²) in [4.78, 5) is 15.2. The molecule has 0 aliphatic carbocycles. The van der Waals surface area contributed by atoms with Crippen LogP contribution in [0.5, 0.6) is 0 Å². The lowest BCUT2D eigenvalue weighted by Crippen LogP contribution is -2.27. The minimum absolute atomic E-state index is 0.776. The molecule has 0 amide bonds. The first-order valence-corrected chi connectivity index (χ1v) is 7.40. The van der Waals surface area contributed by atoms with Crippen molar-refractivity contribution in [3.05, 3.63) is 41.5 Å². The number of likely N-dealkylation sites (tertiary alicyclic amines) is 1. The van der Waals surface area contributed by atoms with Crippen molar-refractivity contribution in [2.45, 2.75) is 13.0 Å². The molecule has 21 heavy (non-hydrogen) atoms. The van der Waals surface area contributed by atoms with Gasteiger partial charge in [0.1, 0.15) is 0 Å². The monoisotopic (exact) mass is 288 g/mol. The fourth-order valence-corrected chi connectivity index (χ4v) is 2.89. The standard InChI is InChI=1S/C17H24N2O2/c1-18-10-9-16(12-18)13-19(2)11-15-5-3-14(4-6-15)7-8-17(20)21/h3-8,16H,9-13H2,1-2H3,(H,20,21). The maximum Gasteiger partial charge on any atom is 0.328 e. The van der Waals surface area contributed by atoms with E-state index in [9.17, 15) is 4.79 Å². The van der Waals surface area contributed by atoms with Crippen LogP contribution in [0.3, 0.4) is 0 Å². The van der Waals surface area contributed by atoms with Gasteiger partial charge < -0.3 is 14.9 Å². The highest BCUT2D eigenvalue weighted by Crippen LogP contribution is 2.16. The Morgan fingerprint density at radius 3 is 2.71 bits per heavy atom. The van der Waals surface area contributed by atoms with Crippen LogP contribution >= 0.6 is 0 Å². The number of aliphatic carboxylic acids is 1. The molecule has 0 spiro atoms. The Morgan fingerprint density at radius 1 is 1.43 bits per heavy atom. The van der Waals surface area contributed by atoms with E-state index < -0.39 is 5.97 Å². The number of nitrogens with zero attached hydrogens (tertiary/aromatic N) is 2. The summed E-state index contributed by atoms with van der Waals surface area (Å²) in [6.45, 7) is 4.47. The molecule has 0 aromatic heterocycles. The summed E-state index contributed by atoms with van der Waals surface area (Å²) in [6, 6.07) is 8.06. The fourth-order valence-electron chi connectivity index (χ4n) is 2.89. The Kier molecular flexibility index (Phi) is 5.53. The lowest BCUT2D eigenvalue weighted by atomic mass is 10.1. The van der Waals surface area contributed by atoms with Gasteiger partial charge in [-0.2, -0.15) is 0 Å². The number of hydrogen-bond acceptors (Lipinski definition) is 3. The molecule has 1 aliphatic heterocycles. The van der Waals surface area contributed by atoms with Crippen molar-refractivity contribution in [3.63, 3.8) is 0 Å². The number of rotatable bonds is 6. The van der Waals surface area contributed by atoms with E-state index in [0.29, 0.717) is 0 Å². The quantitative estimate of drug-likeness (QED) is 0.815. The van der Waals surface area contributed by atoms with Gasteiger partial charge in [-0.15, -0.1) is 0 Å². The van der Waals surface area contributed by atoms with Crippen LogP contribution in [-0.4, -0.2) is 54.6 Å². The summed E-state index contributed by atoms with van der Waals surface area (Å²) >= 11 is 0. The van der Waals surface area contributed by atoms with Crippen LogP contribution in [0.2, 0.25) is 0 Å². The van der Waals surface area contributed by atoms with Gasteiger partial charge in [-0.05, 0) is 50.2 Å². The number of benzene rings is 1. The minimum Gasteiger partial charge on any atom is -0.478 e. The van der Waals surface area contributed by atoms with E-state index in [1.165, 1.54) is 25.1 Å². The summed E-state index contributed by atoms with van der Waals surface area (Å²) in [5.41, 5.74) is 2.18. The average molecular weight is 288 g/mol. The van der Waals surface area contributed by atoms with E-state index in [0.717, 1.165) is 30.6 Å². The molecule has 1 aliphatic rings. The third-order valence-electron chi connectivity index (χ3n) is 3.91. The van der Waals surface area contributed by atoms with Gasteiger partial charge in [0.15, 0.2) is 0 Å². The van der Waals surface area contributed by atoms with E-state index in [1.54, 1.807) is 6.08 Å². The van der Waals surface area contributed by atoms with Crippen LogP contribution in [0.4, 0.5) is 0 Å². The van der Waals surface area contributed by atoms with Crippen molar-refractivity contribution in [2.24, 2.45) is 5.92 Å². The van der Waals surface area contributed by atoms with E-state index >= 15 is 0 Å². The zero-order valence-corrected chi connectivity index (χ0v) is 12.8. The summed E-state index contributed by atoms with van der Waals surface area (Å²) in [7, 11) is 4.35. The molecule has 1 atom stereocenters. The van der Waals surface area contributed by atoms with Crippen molar-refractivity contribution < 1.29 is 9.90 Å². The first-order valence-electron chi connectivity index (χ1n) is 7.40. The van der Waals surface area contributed by atoms with Crippen LogP contribution in [0.15, 0.2) is 30.3 Å². The molecule has 2 rings (SSSR count). The van der Waals surface area contributed by atoms with Crippen LogP contribution in [0, 0.1) is 5.92 Å². The average Bonchev–Trinajstić information content (AvgIpc) is 2.83. The molecule has 1 fully saturated rings. The number of carboxylic acids is 1. The van der Waals surface area contributed by atoms with Crippen LogP contribution in [0.25, 0.3) is 6.08 Å². The molecule has 1 aromatic rings. The molecule has 4 nitrogen and oxygen atoms in total. The molecular weight excluding hydrogens is 264 g/mol. The maximum atomic E-state index is 10.5. The third kappa shape index (κ3) is 5.33. The molecule has 0 radical (unpaired) electrons. The second-order valence-electron chi connectivity index (χ2n) is 6.03. The van der Waals surface area contributed by atoms with Gasteiger partial charge in [0.05, 0.1) is 0 Å². The molecule has 114 valence electrons. The summed E-state index contributed by atoms with van der Waals surface area (Å²) in [5, 5.41) is 8.61. The van der Waals surface area contributed by atoms with E-state index in [-0.39, 0.29) is 0 Å². The van der Waals surface area contributed by atoms with E-state index in [1.807, 2.05) is 12.1 Å². The Labute approximate surface area is 126 Å². The predicted octanol–water partition coefficient (Wildman–Crippen LogP) is 2.17. The topological polar surface area (TPSA) is 43.8 Å². The normalized spacial score (nSPS) is 19.7. The summed E-state index contributed by atoms with van der Waals surface area (Å²) in [6.07, 6.45) is 4.07. The first-order chi connectivity index (χ1) is 10.0. The zero-order valence-electron chi connectivity index (χ0n) is 12.8. The fraction of sp³-hybridized carbons (Fsp3) is 0.471. The summed E-state index contributed by atoms with van der Waals surface area (Å²) in [5.74, 6) is -0.141. The molecule has 0 saturated carbocycles. The van der Waals surface area contributed by atoms with Crippen molar-refractivity contribution in [1.82, 2.24) is 9.80 Å². The molecule has 1 saturated heterocycles. The van der Waals surface area contributed by atoms with Gasteiger partial charge in [-0.25, -0.2) is 4.79 Å². The molecule has 4 heteroatoms. The predicted molar refractivity (Wildman–Crippen MR) is 85.0 cm³/mol. The zero-order chi connectivity index (χ0) is 15.2. The minimum atomic E-state index is -0.916. The van der Waals surface area contributed by atoms with Crippen LogP contribution in [-0.2, 0) is 11.3 Å². The highest BCUT2D eigenvalue weighted by atomic mass is 16.4. The van der Waals surface area contributed by atoms with Gasteiger partial charge in [0.2, 0.25) is 0 Å². The third-order valence-corrected chi connectivity index (χ3v) is 3.91. The van der Waals surface area contributed by atoms with Crippen LogP contribution < -0.4 is 0 Å². The van der Waals surface area contributed by atoms with Gasteiger partial charge in [0, 0.05) is 25.7 Å².